The van der Waals surface area contributed by atoms with Crippen LogP contribution in [-0.2, 0) is 19.1 Å². The Kier molecular flexibility index (Phi) is 3.97. The molecule has 1 unspecified atom stereocenters. The monoisotopic (exact) mass is 278 g/mol. The van der Waals surface area contributed by atoms with Crippen LogP contribution in [0.4, 0.5) is 0 Å². The third kappa shape index (κ3) is 2.67. The molecule has 0 radical (unpaired) electrons. The number of aryl methyl sites for hydroxylation is 2. The normalized spacial score (nSPS) is 14.4. The minimum atomic E-state index is -0.904. The molecule has 4 heteroatoms. The van der Waals surface area contributed by atoms with Crippen LogP contribution in [0.5, 0.6) is 0 Å². The van der Waals surface area contributed by atoms with E-state index >= 15 is 0 Å². The molecule has 0 spiro atoms. The molecule has 0 fully saturated rings. The highest BCUT2D eigenvalue weighted by Gasteiger charge is 2.30. The molecule has 2 aromatic rings. The van der Waals surface area contributed by atoms with E-state index in [1.807, 2.05) is 51.2 Å². The van der Waals surface area contributed by atoms with Crippen LogP contribution in [0.25, 0.3) is 0 Å². The second kappa shape index (κ2) is 5.35. The van der Waals surface area contributed by atoms with Gasteiger partial charge in [0, 0.05) is 19.0 Å². The summed E-state index contributed by atoms with van der Waals surface area (Å²) in [6, 6.07) is 9.72. The van der Waals surface area contributed by atoms with Gasteiger partial charge in [-0.3, -0.25) is 4.68 Å². The Balaban J connectivity index is 2.39. The van der Waals surface area contributed by atoms with Gasteiger partial charge in [-0.05, 0) is 18.9 Å². The fraction of sp³-hybridized carbons (Fsp3) is 0.400. The highest BCUT2D eigenvalue weighted by molar-refractivity contribution is 6.30. The third-order valence-corrected chi connectivity index (χ3v) is 4.11. The summed E-state index contributed by atoms with van der Waals surface area (Å²) in [4.78, 5) is 0. The van der Waals surface area contributed by atoms with Crippen LogP contribution in [-0.4, -0.2) is 14.9 Å². The number of aliphatic hydroxyl groups is 1. The zero-order valence-corrected chi connectivity index (χ0v) is 12.3. The summed E-state index contributed by atoms with van der Waals surface area (Å²) in [5.41, 5.74) is 1.79. The summed E-state index contributed by atoms with van der Waals surface area (Å²) in [5.74, 6) is 0. The van der Waals surface area contributed by atoms with Crippen LogP contribution in [0, 0.1) is 6.92 Å². The summed E-state index contributed by atoms with van der Waals surface area (Å²) in [5, 5.41) is 15.8. The Morgan fingerprint density at radius 1 is 1.32 bits per heavy atom. The molecule has 0 amide bonds. The molecule has 0 aliphatic rings. The van der Waals surface area contributed by atoms with Crippen molar-refractivity contribution in [2.24, 2.45) is 7.05 Å². The first-order chi connectivity index (χ1) is 8.98. The second-order valence-electron chi connectivity index (χ2n) is 4.91. The molecule has 1 heterocycles. The van der Waals surface area contributed by atoms with E-state index in [4.69, 9.17) is 11.6 Å². The van der Waals surface area contributed by atoms with E-state index in [2.05, 4.69) is 5.10 Å². The van der Waals surface area contributed by atoms with E-state index in [0.29, 0.717) is 18.0 Å². The number of aromatic nitrogens is 2. The summed E-state index contributed by atoms with van der Waals surface area (Å²) in [6.45, 7) is 3.90. The summed E-state index contributed by atoms with van der Waals surface area (Å²) in [6.07, 6.45) is 1.10. The van der Waals surface area contributed by atoms with Crippen molar-refractivity contribution in [1.82, 2.24) is 9.78 Å². The zero-order valence-electron chi connectivity index (χ0n) is 11.5. The molecule has 1 N–H and O–H groups in total. The maximum atomic E-state index is 10.9. The number of benzene rings is 1. The molecule has 0 aliphatic carbocycles. The third-order valence-electron chi connectivity index (χ3n) is 3.64. The number of nitrogens with zero attached hydrogens (tertiary/aromatic N) is 2. The van der Waals surface area contributed by atoms with Crippen molar-refractivity contribution in [3.63, 3.8) is 0 Å². The fourth-order valence-corrected chi connectivity index (χ4v) is 2.59. The van der Waals surface area contributed by atoms with Crippen LogP contribution < -0.4 is 0 Å². The van der Waals surface area contributed by atoms with E-state index in [9.17, 15) is 5.11 Å². The van der Waals surface area contributed by atoms with E-state index in [-0.39, 0.29) is 0 Å². The van der Waals surface area contributed by atoms with Gasteiger partial charge in [0.15, 0.2) is 0 Å². The van der Waals surface area contributed by atoms with E-state index < -0.39 is 5.60 Å². The Labute approximate surface area is 118 Å². The average Bonchev–Trinajstić information content (AvgIpc) is 2.66. The first kappa shape index (κ1) is 14.1. The fourth-order valence-electron chi connectivity index (χ4n) is 2.35. The van der Waals surface area contributed by atoms with Gasteiger partial charge in [0.2, 0.25) is 0 Å². The van der Waals surface area contributed by atoms with Crippen LogP contribution in [0.15, 0.2) is 30.3 Å². The molecule has 19 heavy (non-hydrogen) atoms. The maximum absolute atomic E-state index is 10.9. The first-order valence-corrected chi connectivity index (χ1v) is 6.81. The number of hydrogen-bond donors (Lipinski definition) is 1. The molecule has 1 aromatic carbocycles. The lowest BCUT2D eigenvalue weighted by molar-refractivity contribution is 0.0326. The Hall–Kier alpha value is -1.32. The van der Waals surface area contributed by atoms with Crippen LogP contribution in [0.2, 0.25) is 5.15 Å². The quantitative estimate of drug-likeness (QED) is 0.932. The van der Waals surface area contributed by atoms with Gasteiger partial charge in [-0.1, -0.05) is 48.9 Å². The van der Waals surface area contributed by atoms with Gasteiger partial charge in [-0.2, -0.15) is 5.10 Å². The van der Waals surface area contributed by atoms with Crippen LogP contribution >= 0.6 is 11.6 Å². The van der Waals surface area contributed by atoms with Crippen molar-refractivity contribution in [3.8, 4) is 0 Å². The highest BCUT2D eigenvalue weighted by Crippen LogP contribution is 2.32. The summed E-state index contributed by atoms with van der Waals surface area (Å²) >= 11 is 6.25. The Morgan fingerprint density at radius 2 is 1.95 bits per heavy atom. The van der Waals surface area contributed by atoms with Gasteiger partial charge >= 0.3 is 0 Å². The average molecular weight is 279 g/mol. The second-order valence-corrected chi connectivity index (χ2v) is 5.26. The van der Waals surface area contributed by atoms with Crippen molar-refractivity contribution in [2.75, 3.05) is 0 Å². The van der Waals surface area contributed by atoms with Crippen molar-refractivity contribution in [2.45, 2.75) is 32.3 Å². The molecule has 3 nitrogen and oxygen atoms in total. The van der Waals surface area contributed by atoms with Gasteiger partial charge in [0.25, 0.3) is 0 Å². The predicted octanol–water partition coefficient (Wildman–Crippen LogP) is 3.22. The Bertz CT molecular complexity index is 565. The highest BCUT2D eigenvalue weighted by atomic mass is 35.5. The van der Waals surface area contributed by atoms with Gasteiger partial charge in [-0.25, -0.2) is 0 Å². The topological polar surface area (TPSA) is 38.1 Å². The molecule has 0 bridgehead atoms. The van der Waals surface area contributed by atoms with E-state index in [1.54, 1.807) is 4.68 Å². The van der Waals surface area contributed by atoms with E-state index in [0.717, 1.165) is 16.8 Å². The molecule has 102 valence electrons. The number of hydrogen-bond acceptors (Lipinski definition) is 2. The summed E-state index contributed by atoms with van der Waals surface area (Å²) in [7, 11) is 1.81. The molecular formula is C15H19ClN2O. The maximum Gasteiger partial charge on any atom is 0.130 e. The van der Waals surface area contributed by atoms with Gasteiger partial charge in [0.1, 0.15) is 5.15 Å². The minimum Gasteiger partial charge on any atom is -0.385 e. The number of halogens is 1. The molecule has 2 rings (SSSR count). The standard InChI is InChI=1S/C15H19ClN2O/c1-4-15(19,12-8-6-5-7-9-12)10-13-11(2)17-18(3)14(13)16/h5-9,19H,4,10H2,1-3H3. The largest absolute Gasteiger partial charge is 0.385 e. The molecule has 0 saturated heterocycles. The van der Waals surface area contributed by atoms with Crippen molar-refractivity contribution in [1.29, 1.82) is 0 Å². The molecule has 1 aromatic heterocycles. The lowest BCUT2D eigenvalue weighted by atomic mass is 9.85. The smallest absolute Gasteiger partial charge is 0.130 e. The predicted molar refractivity (Wildman–Crippen MR) is 77.3 cm³/mol. The van der Waals surface area contributed by atoms with Crippen molar-refractivity contribution < 1.29 is 5.11 Å². The van der Waals surface area contributed by atoms with Crippen LogP contribution in [0.3, 0.4) is 0 Å². The van der Waals surface area contributed by atoms with E-state index in [1.165, 1.54) is 0 Å². The SMILES string of the molecule is CCC(O)(Cc1c(C)nn(C)c1Cl)c1ccccc1. The zero-order chi connectivity index (χ0) is 14.0. The van der Waals surface area contributed by atoms with Crippen molar-refractivity contribution >= 4 is 11.6 Å². The Morgan fingerprint density at radius 3 is 2.42 bits per heavy atom. The van der Waals surface area contributed by atoms with Gasteiger partial charge < -0.3 is 5.11 Å². The van der Waals surface area contributed by atoms with Gasteiger partial charge in [0.05, 0.1) is 11.3 Å². The minimum absolute atomic E-state index is 0.478. The lowest BCUT2D eigenvalue weighted by Crippen LogP contribution is -2.28. The lowest BCUT2D eigenvalue weighted by Gasteiger charge is -2.27. The van der Waals surface area contributed by atoms with Gasteiger partial charge in [-0.15, -0.1) is 0 Å². The summed E-state index contributed by atoms with van der Waals surface area (Å²) < 4.78 is 1.65. The first-order valence-electron chi connectivity index (χ1n) is 6.44. The molecule has 0 aliphatic heterocycles. The van der Waals surface area contributed by atoms with Crippen LogP contribution in [0.1, 0.15) is 30.2 Å². The number of rotatable bonds is 4. The molecular weight excluding hydrogens is 260 g/mol. The van der Waals surface area contributed by atoms with Crippen molar-refractivity contribution in [3.05, 3.63) is 52.3 Å². The molecule has 1 atom stereocenters. The molecule has 0 saturated carbocycles.